The van der Waals surface area contributed by atoms with Crippen LogP contribution in [0.15, 0.2) is 36.9 Å². The Morgan fingerprint density at radius 2 is 2.12 bits per heavy atom. The fraction of sp³-hybridized carbons (Fsp3) is 0.560. The van der Waals surface area contributed by atoms with Crippen molar-refractivity contribution in [3.8, 4) is 0 Å². The number of likely N-dealkylation sites (tertiary alicyclic amines) is 1. The number of aliphatic carboxylic acids is 1. The van der Waals surface area contributed by atoms with E-state index in [1.807, 2.05) is 13.8 Å². The molecule has 2 bridgehead atoms. The molecule has 0 saturated carbocycles. The Bertz CT molecular complexity index is 1010. The predicted octanol–water partition coefficient (Wildman–Crippen LogP) is 3.44. The van der Waals surface area contributed by atoms with Crippen molar-refractivity contribution in [3.05, 3.63) is 41.9 Å². The van der Waals surface area contributed by atoms with E-state index in [0.717, 1.165) is 0 Å². The van der Waals surface area contributed by atoms with Crippen LogP contribution < -0.4 is 4.90 Å². The van der Waals surface area contributed by atoms with Crippen molar-refractivity contribution in [1.29, 1.82) is 0 Å². The minimum Gasteiger partial charge on any atom is -0.481 e. The van der Waals surface area contributed by atoms with Gasteiger partial charge in [0, 0.05) is 11.8 Å². The number of para-hydroxylation sites is 1. The third-order valence-electron chi connectivity index (χ3n) is 7.82. The van der Waals surface area contributed by atoms with Gasteiger partial charge in [-0.2, -0.15) is 0 Å². The van der Waals surface area contributed by atoms with Gasteiger partial charge in [0.1, 0.15) is 6.04 Å². The second-order valence-electron chi connectivity index (χ2n) is 9.46. The van der Waals surface area contributed by atoms with Crippen LogP contribution >= 0.6 is 23.4 Å². The first kappa shape index (κ1) is 25.1. The highest BCUT2D eigenvalue weighted by atomic mass is 35.5. The Balaban J connectivity index is 1.86. The molecule has 3 aliphatic rings. The van der Waals surface area contributed by atoms with Crippen molar-refractivity contribution in [2.75, 3.05) is 18.1 Å². The van der Waals surface area contributed by atoms with Crippen LogP contribution in [-0.4, -0.2) is 68.1 Å². The minimum atomic E-state index is -0.997. The number of hydrogen-bond donors (Lipinski definition) is 2. The molecule has 3 saturated heterocycles. The van der Waals surface area contributed by atoms with Crippen molar-refractivity contribution < 1.29 is 24.6 Å². The predicted molar refractivity (Wildman–Crippen MR) is 133 cm³/mol. The van der Waals surface area contributed by atoms with Gasteiger partial charge in [-0.1, -0.05) is 50.1 Å². The molecule has 0 aliphatic carbocycles. The summed E-state index contributed by atoms with van der Waals surface area (Å²) >= 11 is 7.94. The van der Waals surface area contributed by atoms with Crippen LogP contribution in [0.1, 0.15) is 33.1 Å². The monoisotopic (exact) mass is 506 g/mol. The summed E-state index contributed by atoms with van der Waals surface area (Å²) in [5.74, 6) is -3.35. The minimum absolute atomic E-state index is 0.0712. The molecular formula is C25H31ClN2O5S. The molecule has 2 N–H and O–H groups in total. The molecule has 4 rings (SSSR count). The molecular weight excluding hydrogens is 476 g/mol. The van der Waals surface area contributed by atoms with Crippen LogP contribution in [0.3, 0.4) is 0 Å². The van der Waals surface area contributed by atoms with E-state index < -0.39 is 34.6 Å². The highest BCUT2D eigenvalue weighted by Gasteiger charge is 2.74. The molecule has 7 atom stereocenters. The molecule has 0 radical (unpaired) electrons. The molecule has 34 heavy (non-hydrogen) atoms. The van der Waals surface area contributed by atoms with Crippen molar-refractivity contribution >= 4 is 46.8 Å². The Hall–Kier alpha value is -2.03. The number of rotatable bonds is 9. The van der Waals surface area contributed by atoms with Crippen LogP contribution in [0, 0.1) is 17.8 Å². The summed E-state index contributed by atoms with van der Waals surface area (Å²) in [5.41, 5.74) is 0.512. The number of hydrogen-bond acceptors (Lipinski definition) is 5. The zero-order chi connectivity index (χ0) is 24.8. The Labute approximate surface area is 209 Å². The summed E-state index contributed by atoms with van der Waals surface area (Å²) in [6.45, 7) is 7.60. The Morgan fingerprint density at radius 3 is 2.71 bits per heavy atom. The van der Waals surface area contributed by atoms with E-state index in [1.165, 1.54) is 21.6 Å². The number of amides is 2. The maximum Gasteiger partial charge on any atom is 0.308 e. The number of aliphatic hydroxyl groups is 1. The highest BCUT2D eigenvalue weighted by molar-refractivity contribution is 8.02. The average molecular weight is 507 g/mol. The molecule has 3 fully saturated rings. The summed E-state index contributed by atoms with van der Waals surface area (Å²) in [6.07, 6.45) is 3.53. The van der Waals surface area contributed by atoms with Gasteiger partial charge in [0.25, 0.3) is 5.91 Å². The van der Waals surface area contributed by atoms with E-state index in [4.69, 9.17) is 11.6 Å². The molecule has 1 aromatic carbocycles. The van der Waals surface area contributed by atoms with E-state index in [-0.39, 0.29) is 36.1 Å². The van der Waals surface area contributed by atoms with Gasteiger partial charge in [-0.15, -0.1) is 18.3 Å². The third-order valence-corrected chi connectivity index (χ3v) is 10.1. The smallest absolute Gasteiger partial charge is 0.308 e. The largest absolute Gasteiger partial charge is 0.481 e. The number of carboxylic acids is 1. The standard InChI is InChI=1S/C25H31ClN2O5S/c1-4-12-27(16-9-7-6-8-15(16)26)23(31)21-25-11-10-18(34-25)19(24(32)33)20(25)22(30)28(21)17(13-29)14(3)5-2/h4,6-9,14,17-21,29H,1,5,10-13H2,2-3H3,(H,32,33)/t14-,17-,18+,19-,20-,21?,25?/m0/s1. The number of carbonyl (C=O) groups is 3. The van der Waals surface area contributed by atoms with Gasteiger partial charge in [-0.25, -0.2) is 0 Å². The number of carboxylic acid groups (broad SMARTS) is 1. The van der Waals surface area contributed by atoms with Gasteiger partial charge in [0.05, 0.1) is 39.9 Å². The normalized spacial score (nSPS) is 31.3. The zero-order valence-corrected chi connectivity index (χ0v) is 21.0. The van der Waals surface area contributed by atoms with Crippen LogP contribution in [0.2, 0.25) is 5.02 Å². The van der Waals surface area contributed by atoms with E-state index in [2.05, 4.69) is 6.58 Å². The number of fused-ring (bicyclic) bond motifs is 1. The first-order chi connectivity index (χ1) is 16.2. The topological polar surface area (TPSA) is 98.2 Å². The summed E-state index contributed by atoms with van der Waals surface area (Å²) in [4.78, 5) is 43.6. The van der Waals surface area contributed by atoms with Crippen molar-refractivity contribution in [3.63, 3.8) is 0 Å². The molecule has 3 heterocycles. The van der Waals surface area contributed by atoms with E-state index in [9.17, 15) is 24.6 Å². The van der Waals surface area contributed by atoms with E-state index >= 15 is 0 Å². The number of aliphatic hydroxyl groups excluding tert-OH is 1. The average Bonchev–Trinajstić information content (AvgIpc) is 3.46. The van der Waals surface area contributed by atoms with Gasteiger partial charge in [-0.05, 0) is 30.9 Å². The lowest BCUT2D eigenvalue weighted by molar-refractivity contribution is -0.149. The first-order valence-corrected chi connectivity index (χ1v) is 13.0. The maximum atomic E-state index is 14.4. The van der Waals surface area contributed by atoms with E-state index in [1.54, 1.807) is 30.3 Å². The number of halogens is 1. The van der Waals surface area contributed by atoms with Gasteiger partial charge in [0.15, 0.2) is 0 Å². The second kappa shape index (κ2) is 9.55. The zero-order valence-electron chi connectivity index (χ0n) is 19.4. The molecule has 3 aliphatic heterocycles. The summed E-state index contributed by atoms with van der Waals surface area (Å²) in [5, 5.41) is 20.5. The first-order valence-electron chi connectivity index (χ1n) is 11.7. The van der Waals surface area contributed by atoms with Crippen molar-refractivity contribution in [1.82, 2.24) is 4.90 Å². The Kier molecular flexibility index (Phi) is 7.04. The number of carbonyl (C=O) groups excluding carboxylic acids is 2. The highest BCUT2D eigenvalue weighted by Crippen LogP contribution is 2.67. The summed E-state index contributed by atoms with van der Waals surface area (Å²) < 4.78 is -0.844. The van der Waals surface area contributed by atoms with Gasteiger partial charge in [-0.3, -0.25) is 14.4 Å². The fourth-order valence-corrected chi connectivity index (χ4v) is 8.51. The second-order valence-corrected chi connectivity index (χ2v) is 11.5. The van der Waals surface area contributed by atoms with Gasteiger partial charge >= 0.3 is 5.97 Å². The van der Waals surface area contributed by atoms with Crippen LogP contribution in [0.25, 0.3) is 0 Å². The van der Waals surface area contributed by atoms with Crippen LogP contribution in [0.4, 0.5) is 5.69 Å². The fourth-order valence-electron chi connectivity index (χ4n) is 6.08. The number of benzene rings is 1. The lowest BCUT2D eigenvalue weighted by Crippen LogP contribution is -2.58. The van der Waals surface area contributed by atoms with Gasteiger partial charge < -0.3 is 20.0 Å². The van der Waals surface area contributed by atoms with Crippen LogP contribution in [0.5, 0.6) is 0 Å². The van der Waals surface area contributed by atoms with Crippen molar-refractivity contribution in [2.45, 2.75) is 55.2 Å². The van der Waals surface area contributed by atoms with E-state index in [0.29, 0.717) is 30.0 Å². The number of anilines is 1. The van der Waals surface area contributed by atoms with Crippen LogP contribution in [-0.2, 0) is 14.4 Å². The SMILES string of the molecule is C=CCN(C(=O)C1N([C@@H](CO)[C@@H](C)CC)C(=O)[C@@H]2[C@@H](C(=O)O)[C@H]3CCC12S3)c1ccccc1Cl. The Morgan fingerprint density at radius 1 is 1.41 bits per heavy atom. The third kappa shape index (κ3) is 3.65. The van der Waals surface area contributed by atoms with Crippen molar-refractivity contribution in [2.24, 2.45) is 17.8 Å². The molecule has 9 heteroatoms. The lowest BCUT2D eigenvalue weighted by Gasteiger charge is -2.41. The lowest BCUT2D eigenvalue weighted by atomic mass is 9.71. The molecule has 0 aromatic heterocycles. The van der Waals surface area contributed by atoms with Gasteiger partial charge in [0.2, 0.25) is 5.91 Å². The molecule has 2 unspecified atom stereocenters. The molecule has 2 amide bonds. The maximum absolute atomic E-state index is 14.4. The number of thioether (sulfide) groups is 1. The summed E-state index contributed by atoms with van der Waals surface area (Å²) in [6, 6.07) is 5.53. The summed E-state index contributed by atoms with van der Waals surface area (Å²) in [7, 11) is 0. The molecule has 184 valence electrons. The molecule has 1 aromatic rings. The quantitative estimate of drug-likeness (QED) is 0.498. The molecule has 1 spiro atoms. The molecule has 7 nitrogen and oxygen atoms in total. The number of nitrogens with zero attached hydrogens (tertiary/aromatic N) is 2.